The number of rotatable bonds is 4. The molecule has 132 valence electrons. The summed E-state index contributed by atoms with van der Waals surface area (Å²) in [6, 6.07) is 8.79. The molecule has 2 fully saturated rings. The summed E-state index contributed by atoms with van der Waals surface area (Å²) >= 11 is 1.94. The Bertz CT molecular complexity index is 506. The molecule has 4 nitrogen and oxygen atoms in total. The van der Waals surface area contributed by atoms with Crippen LogP contribution in [0.25, 0.3) is 0 Å². The van der Waals surface area contributed by atoms with E-state index >= 15 is 0 Å². The molecule has 5 heteroatoms. The van der Waals surface area contributed by atoms with Gasteiger partial charge < -0.3 is 10.2 Å². The van der Waals surface area contributed by atoms with Gasteiger partial charge in [-0.1, -0.05) is 30.7 Å². The largest absolute Gasteiger partial charge is 0.334 e. The predicted octanol–water partition coefficient (Wildman–Crippen LogP) is 3.32. The zero-order valence-corrected chi connectivity index (χ0v) is 15.3. The van der Waals surface area contributed by atoms with E-state index in [-0.39, 0.29) is 6.03 Å². The normalized spacial score (nSPS) is 19.8. The third kappa shape index (κ3) is 5.42. The van der Waals surface area contributed by atoms with Crippen LogP contribution >= 0.6 is 11.8 Å². The van der Waals surface area contributed by atoms with E-state index in [1.807, 2.05) is 16.7 Å². The molecule has 1 aromatic carbocycles. The number of hydrogen-bond donors (Lipinski definition) is 1. The van der Waals surface area contributed by atoms with Crippen molar-refractivity contribution in [2.24, 2.45) is 0 Å². The lowest BCUT2D eigenvalue weighted by Crippen LogP contribution is -2.40. The van der Waals surface area contributed by atoms with Gasteiger partial charge in [0.25, 0.3) is 0 Å². The van der Waals surface area contributed by atoms with Gasteiger partial charge in [0.1, 0.15) is 0 Å². The maximum Gasteiger partial charge on any atom is 0.317 e. The van der Waals surface area contributed by atoms with Crippen LogP contribution in [0, 0.1) is 0 Å². The highest BCUT2D eigenvalue weighted by Gasteiger charge is 2.15. The average molecular weight is 348 g/mol. The second kappa shape index (κ2) is 9.33. The molecule has 0 aliphatic carbocycles. The molecule has 0 saturated carbocycles. The molecular formula is C19H29N3OS. The molecule has 1 aromatic rings. The fraction of sp³-hybridized carbons (Fsp3) is 0.632. The van der Waals surface area contributed by atoms with Crippen molar-refractivity contribution in [3.05, 3.63) is 35.4 Å². The van der Waals surface area contributed by atoms with Crippen LogP contribution in [-0.4, -0.2) is 53.5 Å². The standard InChI is InChI=1S/C19H29N3OS/c23-19(22-11-4-13-24-14-12-22)20-15-17-5-7-18(8-6-17)16-21-9-2-1-3-10-21/h5-8H,1-4,9-16H2,(H,20,23). The Labute approximate surface area is 150 Å². The lowest BCUT2D eigenvalue weighted by Gasteiger charge is -2.26. The van der Waals surface area contributed by atoms with Crippen molar-refractivity contribution in [1.82, 2.24) is 15.1 Å². The Kier molecular flexibility index (Phi) is 6.85. The van der Waals surface area contributed by atoms with E-state index in [1.165, 1.54) is 49.2 Å². The minimum atomic E-state index is 0.0786. The summed E-state index contributed by atoms with van der Waals surface area (Å²) in [5.41, 5.74) is 2.55. The van der Waals surface area contributed by atoms with Gasteiger partial charge in [-0.25, -0.2) is 4.79 Å². The second-order valence-electron chi connectivity index (χ2n) is 6.76. The first-order valence-electron chi connectivity index (χ1n) is 9.22. The highest BCUT2D eigenvalue weighted by Crippen LogP contribution is 2.14. The molecule has 0 radical (unpaired) electrons. The molecule has 0 spiro atoms. The summed E-state index contributed by atoms with van der Waals surface area (Å²) in [6.07, 6.45) is 5.15. The molecule has 24 heavy (non-hydrogen) atoms. The highest BCUT2D eigenvalue weighted by molar-refractivity contribution is 7.99. The van der Waals surface area contributed by atoms with E-state index in [0.29, 0.717) is 6.54 Å². The van der Waals surface area contributed by atoms with Crippen molar-refractivity contribution >= 4 is 17.8 Å². The number of thioether (sulfide) groups is 1. The summed E-state index contributed by atoms with van der Waals surface area (Å²) in [7, 11) is 0. The molecule has 0 unspecified atom stereocenters. The number of nitrogens with one attached hydrogen (secondary N) is 1. The second-order valence-corrected chi connectivity index (χ2v) is 7.99. The third-order valence-electron chi connectivity index (χ3n) is 4.83. The van der Waals surface area contributed by atoms with Crippen molar-refractivity contribution in [1.29, 1.82) is 0 Å². The number of piperidine rings is 1. The average Bonchev–Trinajstić information content (AvgIpc) is 2.91. The van der Waals surface area contributed by atoms with Gasteiger partial charge in [-0.15, -0.1) is 0 Å². The monoisotopic (exact) mass is 347 g/mol. The van der Waals surface area contributed by atoms with Gasteiger partial charge in [0, 0.05) is 31.9 Å². The van der Waals surface area contributed by atoms with E-state index in [0.717, 1.165) is 31.8 Å². The first-order chi connectivity index (χ1) is 11.8. The van der Waals surface area contributed by atoms with Crippen molar-refractivity contribution in [3.63, 3.8) is 0 Å². The lowest BCUT2D eigenvalue weighted by molar-refractivity contribution is 0.201. The Morgan fingerprint density at radius 2 is 1.67 bits per heavy atom. The molecule has 1 N–H and O–H groups in total. The van der Waals surface area contributed by atoms with Crippen molar-refractivity contribution in [2.75, 3.05) is 37.7 Å². The summed E-state index contributed by atoms with van der Waals surface area (Å²) < 4.78 is 0. The van der Waals surface area contributed by atoms with Gasteiger partial charge >= 0.3 is 6.03 Å². The number of urea groups is 1. The van der Waals surface area contributed by atoms with Crippen LogP contribution in [0.15, 0.2) is 24.3 Å². The van der Waals surface area contributed by atoms with Crippen molar-refractivity contribution in [2.45, 2.75) is 38.8 Å². The van der Waals surface area contributed by atoms with Crippen molar-refractivity contribution in [3.8, 4) is 0 Å². The van der Waals surface area contributed by atoms with Crippen LogP contribution in [-0.2, 0) is 13.1 Å². The summed E-state index contributed by atoms with van der Waals surface area (Å²) in [4.78, 5) is 16.7. The Hall–Kier alpha value is -1.20. The molecule has 0 aromatic heterocycles. The van der Waals surface area contributed by atoms with Gasteiger partial charge in [0.2, 0.25) is 0 Å². The van der Waals surface area contributed by atoms with Gasteiger partial charge in [-0.05, 0) is 49.2 Å². The molecule has 2 aliphatic rings. The van der Waals surface area contributed by atoms with Crippen LogP contribution < -0.4 is 5.32 Å². The summed E-state index contributed by atoms with van der Waals surface area (Å²) in [6.45, 7) is 5.88. The molecule has 0 atom stereocenters. The van der Waals surface area contributed by atoms with E-state index < -0.39 is 0 Å². The van der Waals surface area contributed by atoms with Gasteiger partial charge in [-0.3, -0.25) is 4.90 Å². The number of amides is 2. The number of carbonyl (C=O) groups excluding carboxylic acids is 1. The van der Waals surface area contributed by atoms with Crippen LogP contribution in [0.3, 0.4) is 0 Å². The van der Waals surface area contributed by atoms with E-state index in [1.54, 1.807) is 0 Å². The van der Waals surface area contributed by atoms with Crippen molar-refractivity contribution < 1.29 is 4.79 Å². The third-order valence-corrected chi connectivity index (χ3v) is 5.88. The molecular weight excluding hydrogens is 318 g/mol. The molecule has 2 heterocycles. The molecule has 2 amide bonds. The first kappa shape index (κ1) is 17.6. The zero-order valence-electron chi connectivity index (χ0n) is 14.5. The molecule has 0 bridgehead atoms. The van der Waals surface area contributed by atoms with Crippen LogP contribution in [0.2, 0.25) is 0 Å². The Balaban J connectivity index is 1.44. The highest BCUT2D eigenvalue weighted by atomic mass is 32.2. The van der Waals surface area contributed by atoms with E-state index in [2.05, 4.69) is 34.5 Å². The number of nitrogens with zero attached hydrogens (tertiary/aromatic N) is 2. The molecule has 3 rings (SSSR count). The number of benzene rings is 1. The maximum absolute atomic E-state index is 12.3. The zero-order chi connectivity index (χ0) is 16.6. The molecule has 2 saturated heterocycles. The maximum atomic E-state index is 12.3. The first-order valence-corrected chi connectivity index (χ1v) is 10.4. The number of hydrogen-bond acceptors (Lipinski definition) is 3. The van der Waals surface area contributed by atoms with Gasteiger partial charge in [-0.2, -0.15) is 11.8 Å². The fourth-order valence-electron chi connectivity index (χ4n) is 3.38. The van der Waals surface area contributed by atoms with Gasteiger partial charge in [0.05, 0.1) is 0 Å². The van der Waals surface area contributed by atoms with Gasteiger partial charge in [0.15, 0.2) is 0 Å². The topological polar surface area (TPSA) is 35.6 Å². The predicted molar refractivity (Wildman–Crippen MR) is 101 cm³/mol. The summed E-state index contributed by atoms with van der Waals surface area (Å²) in [5.74, 6) is 2.22. The quantitative estimate of drug-likeness (QED) is 0.907. The fourth-order valence-corrected chi connectivity index (χ4v) is 4.26. The molecule has 2 aliphatic heterocycles. The minimum Gasteiger partial charge on any atom is -0.334 e. The number of carbonyl (C=O) groups is 1. The smallest absolute Gasteiger partial charge is 0.317 e. The van der Waals surface area contributed by atoms with Crippen LogP contribution in [0.4, 0.5) is 4.79 Å². The van der Waals surface area contributed by atoms with E-state index in [4.69, 9.17) is 0 Å². The Morgan fingerprint density at radius 1 is 0.917 bits per heavy atom. The van der Waals surface area contributed by atoms with Crippen LogP contribution in [0.1, 0.15) is 36.8 Å². The van der Waals surface area contributed by atoms with E-state index in [9.17, 15) is 4.79 Å². The lowest BCUT2D eigenvalue weighted by atomic mass is 10.1. The SMILES string of the molecule is O=C(NCc1ccc(CN2CCCCC2)cc1)N1CCCSCC1. The van der Waals surface area contributed by atoms with Crippen LogP contribution in [0.5, 0.6) is 0 Å². The number of likely N-dealkylation sites (tertiary alicyclic amines) is 1. The Morgan fingerprint density at radius 3 is 2.46 bits per heavy atom. The minimum absolute atomic E-state index is 0.0786. The summed E-state index contributed by atoms with van der Waals surface area (Å²) in [5, 5.41) is 3.06.